The highest BCUT2D eigenvalue weighted by Crippen LogP contribution is 2.23. The van der Waals surface area contributed by atoms with Crippen molar-refractivity contribution >= 4 is 35.2 Å². The van der Waals surface area contributed by atoms with Crippen LogP contribution in [0.5, 0.6) is 5.75 Å². The molecule has 0 aromatic heterocycles. The van der Waals surface area contributed by atoms with E-state index < -0.39 is 5.91 Å². The first-order valence-electron chi connectivity index (χ1n) is 6.19. The molecule has 1 amide bonds. The lowest BCUT2D eigenvalue weighted by Crippen LogP contribution is -2.05. The fraction of sp³-hybridized carbons (Fsp3) is 0.0625. The van der Waals surface area contributed by atoms with E-state index in [4.69, 9.17) is 33.7 Å². The quantitative estimate of drug-likeness (QED) is 0.844. The smallest absolute Gasteiger partial charge is 0.241 e. The number of carbonyl (C=O) groups is 1. The topological polar surface area (TPSA) is 52.3 Å². The second kappa shape index (κ2) is 7.16. The molecule has 2 N–H and O–H groups in total. The average Bonchev–Trinajstić information content (AvgIpc) is 2.47. The molecule has 0 aliphatic heterocycles. The van der Waals surface area contributed by atoms with Gasteiger partial charge in [0.15, 0.2) is 0 Å². The molecule has 108 valence electrons. The highest BCUT2D eigenvalue weighted by Gasteiger charge is 2.01. The molecule has 3 nitrogen and oxygen atoms in total. The molecule has 2 rings (SSSR count). The number of primary amides is 1. The van der Waals surface area contributed by atoms with Crippen LogP contribution in [0.25, 0.3) is 6.08 Å². The van der Waals surface area contributed by atoms with E-state index in [2.05, 4.69) is 0 Å². The zero-order valence-electron chi connectivity index (χ0n) is 11.1. The van der Waals surface area contributed by atoms with Crippen LogP contribution < -0.4 is 10.5 Å². The van der Waals surface area contributed by atoms with Crippen LogP contribution in [0.3, 0.4) is 0 Å². The molecule has 5 heteroatoms. The van der Waals surface area contributed by atoms with Gasteiger partial charge < -0.3 is 10.5 Å². The summed E-state index contributed by atoms with van der Waals surface area (Å²) in [6, 6.07) is 12.7. The molecule has 0 heterocycles. The zero-order valence-corrected chi connectivity index (χ0v) is 12.6. The lowest BCUT2D eigenvalue weighted by Gasteiger charge is -2.08. The molecule has 2 aromatic carbocycles. The predicted molar refractivity (Wildman–Crippen MR) is 85.5 cm³/mol. The van der Waals surface area contributed by atoms with Gasteiger partial charge in [-0.25, -0.2) is 0 Å². The first-order chi connectivity index (χ1) is 10.0. The van der Waals surface area contributed by atoms with E-state index in [1.807, 2.05) is 30.3 Å². The Hall–Kier alpha value is -1.97. The van der Waals surface area contributed by atoms with Crippen molar-refractivity contribution in [1.29, 1.82) is 0 Å². The molecule has 21 heavy (non-hydrogen) atoms. The molecule has 0 saturated heterocycles. The SMILES string of the molecule is NC(=O)/C=C/c1cccc(OCc2ccc(Cl)c(Cl)c2)c1. The van der Waals surface area contributed by atoms with Gasteiger partial charge in [0.25, 0.3) is 0 Å². The summed E-state index contributed by atoms with van der Waals surface area (Å²) in [5, 5.41) is 1.01. The summed E-state index contributed by atoms with van der Waals surface area (Å²) < 4.78 is 5.68. The summed E-state index contributed by atoms with van der Waals surface area (Å²) in [6.07, 6.45) is 2.94. The second-order valence-corrected chi connectivity index (χ2v) is 5.16. The zero-order chi connectivity index (χ0) is 15.2. The van der Waals surface area contributed by atoms with Crippen molar-refractivity contribution in [2.45, 2.75) is 6.61 Å². The minimum Gasteiger partial charge on any atom is -0.489 e. The maximum Gasteiger partial charge on any atom is 0.241 e. The van der Waals surface area contributed by atoms with Crippen LogP contribution in [0, 0.1) is 0 Å². The van der Waals surface area contributed by atoms with Gasteiger partial charge in [-0.3, -0.25) is 4.79 Å². The van der Waals surface area contributed by atoms with Crippen LogP contribution in [0.1, 0.15) is 11.1 Å². The minimum absolute atomic E-state index is 0.375. The third-order valence-corrected chi connectivity index (χ3v) is 3.43. The number of ether oxygens (including phenoxy) is 1. The van der Waals surface area contributed by atoms with Crippen molar-refractivity contribution in [3.05, 3.63) is 69.7 Å². The minimum atomic E-state index is -0.489. The number of carbonyl (C=O) groups excluding carboxylic acids is 1. The average molecular weight is 322 g/mol. The van der Waals surface area contributed by atoms with Gasteiger partial charge in [0, 0.05) is 6.08 Å². The maximum absolute atomic E-state index is 10.7. The van der Waals surface area contributed by atoms with Crippen molar-refractivity contribution in [2.24, 2.45) is 5.73 Å². The van der Waals surface area contributed by atoms with Crippen LogP contribution in [-0.2, 0) is 11.4 Å². The molecule has 0 bridgehead atoms. The highest BCUT2D eigenvalue weighted by molar-refractivity contribution is 6.42. The van der Waals surface area contributed by atoms with E-state index in [1.165, 1.54) is 6.08 Å². The normalized spacial score (nSPS) is 10.8. The first-order valence-corrected chi connectivity index (χ1v) is 6.94. The van der Waals surface area contributed by atoms with E-state index in [-0.39, 0.29) is 0 Å². The fourth-order valence-corrected chi connectivity index (χ4v) is 2.00. The summed E-state index contributed by atoms with van der Waals surface area (Å²) in [5.74, 6) is 0.199. The predicted octanol–water partition coefficient (Wildman–Crippen LogP) is 4.07. The summed E-state index contributed by atoms with van der Waals surface area (Å²) in [4.78, 5) is 10.7. The molecule has 0 spiro atoms. The third-order valence-electron chi connectivity index (χ3n) is 2.69. The molecule has 0 unspecified atom stereocenters. The molecule has 0 saturated carbocycles. The van der Waals surface area contributed by atoms with Crippen LogP contribution >= 0.6 is 23.2 Å². The van der Waals surface area contributed by atoms with Gasteiger partial charge in [-0.15, -0.1) is 0 Å². The van der Waals surface area contributed by atoms with Gasteiger partial charge in [-0.05, 0) is 41.5 Å². The number of hydrogen-bond acceptors (Lipinski definition) is 2. The van der Waals surface area contributed by atoms with Crippen molar-refractivity contribution in [1.82, 2.24) is 0 Å². The molecule has 0 aliphatic carbocycles. The molecule has 0 radical (unpaired) electrons. The molecule has 0 fully saturated rings. The Labute approximate surface area is 132 Å². The Balaban J connectivity index is 2.04. The van der Waals surface area contributed by atoms with Gasteiger partial charge in [-0.2, -0.15) is 0 Å². The van der Waals surface area contributed by atoms with Gasteiger partial charge in [-0.1, -0.05) is 41.4 Å². The molecule has 0 aliphatic rings. The van der Waals surface area contributed by atoms with Crippen molar-refractivity contribution in [2.75, 3.05) is 0 Å². The molecular weight excluding hydrogens is 309 g/mol. The van der Waals surface area contributed by atoms with Gasteiger partial charge in [0.2, 0.25) is 5.91 Å². The lowest BCUT2D eigenvalue weighted by atomic mass is 10.2. The third kappa shape index (κ3) is 4.81. The van der Waals surface area contributed by atoms with Crippen LogP contribution in [0.4, 0.5) is 0 Å². The number of benzene rings is 2. The standard InChI is InChI=1S/C16H13Cl2NO2/c17-14-6-4-12(9-15(14)18)10-21-13-3-1-2-11(8-13)5-7-16(19)20/h1-9H,10H2,(H2,19,20)/b7-5+. The van der Waals surface area contributed by atoms with Crippen molar-refractivity contribution in [3.63, 3.8) is 0 Å². The molecule has 2 aromatic rings. The van der Waals surface area contributed by atoms with E-state index in [0.29, 0.717) is 22.4 Å². The summed E-state index contributed by atoms with van der Waals surface area (Å²) in [5.41, 5.74) is 6.81. The van der Waals surface area contributed by atoms with E-state index in [1.54, 1.807) is 18.2 Å². The molecule has 0 atom stereocenters. The Bertz CT molecular complexity index is 684. The van der Waals surface area contributed by atoms with Crippen LogP contribution in [0.2, 0.25) is 10.0 Å². The Morgan fingerprint density at radius 2 is 1.95 bits per heavy atom. The fourth-order valence-electron chi connectivity index (χ4n) is 1.68. The number of amides is 1. The number of nitrogens with two attached hydrogens (primary N) is 1. The summed E-state index contributed by atoms with van der Waals surface area (Å²) in [7, 11) is 0. The van der Waals surface area contributed by atoms with Crippen molar-refractivity contribution in [3.8, 4) is 5.75 Å². The van der Waals surface area contributed by atoms with E-state index >= 15 is 0 Å². The van der Waals surface area contributed by atoms with E-state index in [9.17, 15) is 4.79 Å². The summed E-state index contributed by atoms with van der Waals surface area (Å²) >= 11 is 11.8. The first kappa shape index (κ1) is 15.4. The maximum atomic E-state index is 10.7. The molecular formula is C16H13Cl2NO2. The van der Waals surface area contributed by atoms with Gasteiger partial charge in [0.05, 0.1) is 10.0 Å². The largest absolute Gasteiger partial charge is 0.489 e. The summed E-state index contributed by atoms with van der Waals surface area (Å²) in [6.45, 7) is 0.375. The van der Waals surface area contributed by atoms with Crippen molar-refractivity contribution < 1.29 is 9.53 Å². The number of rotatable bonds is 5. The van der Waals surface area contributed by atoms with Crippen LogP contribution in [-0.4, -0.2) is 5.91 Å². The monoisotopic (exact) mass is 321 g/mol. The Morgan fingerprint density at radius 1 is 1.14 bits per heavy atom. The highest BCUT2D eigenvalue weighted by atomic mass is 35.5. The lowest BCUT2D eigenvalue weighted by molar-refractivity contribution is -0.113. The van der Waals surface area contributed by atoms with Gasteiger partial charge in [0.1, 0.15) is 12.4 Å². The van der Waals surface area contributed by atoms with Crippen LogP contribution in [0.15, 0.2) is 48.5 Å². The Morgan fingerprint density at radius 3 is 2.67 bits per heavy atom. The second-order valence-electron chi connectivity index (χ2n) is 4.35. The van der Waals surface area contributed by atoms with E-state index in [0.717, 1.165) is 11.1 Å². The van der Waals surface area contributed by atoms with Gasteiger partial charge >= 0.3 is 0 Å². The number of hydrogen-bond donors (Lipinski definition) is 1. The Kier molecular flexibility index (Phi) is 5.26. The number of halogens is 2.